The minimum Gasteiger partial charge on any atom is -0.355 e. The van der Waals surface area contributed by atoms with Gasteiger partial charge >= 0.3 is 0 Å². The first-order valence-corrected chi connectivity index (χ1v) is 18.4. The van der Waals surface area contributed by atoms with Gasteiger partial charge in [0.1, 0.15) is 0 Å². The van der Waals surface area contributed by atoms with Crippen LogP contribution >= 0.6 is 0 Å². The van der Waals surface area contributed by atoms with Crippen molar-refractivity contribution in [3.05, 3.63) is 69.8 Å². The number of nitrogens with one attached hydrogen (secondary N) is 2. The van der Waals surface area contributed by atoms with Crippen molar-refractivity contribution in [1.29, 1.82) is 0 Å². The van der Waals surface area contributed by atoms with Crippen LogP contribution in [-0.2, 0) is 25.7 Å². The fourth-order valence-corrected chi connectivity index (χ4v) is 6.96. The van der Waals surface area contributed by atoms with Gasteiger partial charge in [-0.2, -0.15) is 0 Å². The van der Waals surface area contributed by atoms with E-state index in [4.69, 9.17) is 44.4 Å². The lowest BCUT2D eigenvalue weighted by Crippen LogP contribution is -2.31. The Bertz CT molecular complexity index is 1850. The third-order valence-corrected chi connectivity index (χ3v) is 9.81. The highest BCUT2D eigenvalue weighted by atomic mass is 16.1. The van der Waals surface area contributed by atoms with Crippen LogP contribution in [0.2, 0.25) is 0 Å². The fourth-order valence-electron chi connectivity index (χ4n) is 6.96. The van der Waals surface area contributed by atoms with Crippen LogP contribution in [0, 0.1) is 0 Å². The number of nitrogens with zero attached hydrogens (tertiary/aromatic N) is 2. The monoisotopic (exact) mass is 698 g/mol. The van der Waals surface area contributed by atoms with E-state index in [2.05, 4.69) is 9.97 Å². The molecule has 13 heteroatoms. The van der Waals surface area contributed by atoms with Crippen LogP contribution in [0.15, 0.2) is 30.3 Å². The van der Waals surface area contributed by atoms with Gasteiger partial charge in [-0.05, 0) is 114 Å². The highest BCUT2D eigenvalue weighted by Gasteiger charge is 2.29. The number of aryl methyl sites for hydroxylation is 4. The summed E-state index contributed by atoms with van der Waals surface area (Å²) in [6, 6.07) is 6.98. The maximum Gasteiger partial charge on any atom is 0.183 e. The lowest BCUT2D eigenvalue weighted by atomic mass is 9.96. The number of ketones is 3. The summed E-state index contributed by atoms with van der Waals surface area (Å²) in [5.41, 5.74) is 42.6. The van der Waals surface area contributed by atoms with E-state index in [1.165, 1.54) is 0 Å². The molecule has 0 aromatic carbocycles. The number of nitrogens with two attached hydrogens (primary N) is 6. The second-order valence-electron chi connectivity index (χ2n) is 13.7. The van der Waals surface area contributed by atoms with E-state index in [1.54, 1.807) is 12.1 Å². The molecule has 0 aliphatic carbocycles. The number of H-pyrrole nitrogens is 2. The van der Waals surface area contributed by atoms with Crippen molar-refractivity contribution in [2.45, 2.75) is 102 Å². The first-order chi connectivity index (χ1) is 24.7. The van der Waals surface area contributed by atoms with Crippen molar-refractivity contribution < 1.29 is 14.4 Å². The summed E-state index contributed by atoms with van der Waals surface area (Å²) in [7, 11) is 0. The molecule has 0 radical (unpaired) electrons. The summed E-state index contributed by atoms with van der Waals surface area (Å²) >= 11 is 0. The Hall–Kier alpha value is -4.11. The van der Waals surface area contributed by atoms with Gasteiger partial charge in [0.2, 0.25) is 0 Å². The first kappa shape index (κ1) is 38.1. The van der Waals surface area contributed by atoms with Crippen LogP contribution in [0.25, 0.3) is 22.1 Å². The van der Waals surface area contributed by atoms with E-state index in [-0.39, 0.29) is 17.3 Å². The third kappa shape index (κ3) is 9.04. The molecule has 14 N–H and O–H groups in total. The molecule has 274 valence electrons. The van der Waals surface area contributed by atoms with Crippen LogP contribution in [-0.4, -0.2) is 75.0 Å². The van der Waals surface area contributed by atoms with E-state index in [9.17, 15) is 14.4 Å². The summed E-state index contributed by atoms with van der Waals surface area (Å²) in [4.78, 5) is 59.1. The topological polar surface area (TPSA) is 265 Å². The maximum atomic E-state index is 14.2. The van der Waals surface area contributed by atoms with Gasteiger partial charge in [0.15, 0.2) is 17.3 Å². The minimum atomic E-state index is -0.796. The molecule has 3 aromatic heterocycles. The summed E-state index contributed by atoms with van der Waals surface area (Å²) in [5.74, 6) is -0.710. The molecule has 5 heterocycles. The molecule has 0 amide bonds. The zero-order chi connectivity index (χ0) is 36.5. The standard InChI is InChI=1S/C38H54N10O3/c39-18-4-1-7-24(42)36(49)33-27-12-10-22(45-27)21-23-11-13-28(46-23)34(37(50)25(43)8-2-5-19-40)30-15-17-32(48-30)35(31-16-14-29(33)47-31)38(51)26(44)9-3-6-20-41/h10,12,15,17,21,24-26,45,48H,1-9,11,13-14,16,18-20,39-44H2/t24-,25-,26-/m0/s1. The van der Waals surface area contributed by atoms with Gasteiger partial charge in [-0.3, -0.25) is 24.4 Å². The second kappa shape index (κ2) is 17.9. The number of aromatic nitrogens is 4. The van der Waals surface area contributed by atoms with E-state index < -0.39 is 18.1 Å². The molecule has 3 aromatic rings. The van der Waals surface area contributed by atoms with Gasteiger partial charge in [-0.1, -0.05) is 19.3 Å². The van der Waals surface area contributed by atoms with Crippen molar-refractivity contribution in [3.63, 3.8) is 0 Å². The Morgan fingerprint density at radius 2 is 0.941 bits per heavy atom. The number of fused-ring (bicyclic) bond motifs is 8. The average molecular weight is 699 g/mol. The number of carbonyl (C=O) groups is 3. The SMILES string of the molecule is NCCCC[C@H](N)C(=O)c1c2nc(c(C(=O)[C@@H](N)CCCCN)c3ccc([nH]3)c(C(=O)[C@@H](N)CCCCN)c3nc(cc4ccc1[nH]4)CC3)CC2. The smallest absolute Gasteiger partial charge is 0.183 e. The van der Waals surface area contributed by atoms with E-state index in [0.29, 0.717) is 121 Å². The summed E-state index contributed by atoms with van der Waals surface area (Å²) in [6.07, 6.45) is 7.85. The number of Topliss-reactive ketones (excluding diaryl/α,β-unsaturated/α-hetero) is 3. The zero-order valence-electron chi connectivity index (χ0n) is 29.5. The van der Waals surface area contributed by atoms with Crippen LogP contribution in [0.3, 0.4) is 0 Å². The highest BCUT2D eigenvalue weighted by molar-refractivity contribution is 6.10. The predicted molar refractivity (Wildman–Crippen MR) is 201 cm³/mol. The molecule has 13 nitrogen and oxygen atoms in total. The van der Waals surface area contributed by atoms with Gasteiger partial charge in [-0.15, -0.1) is 0 Å². The lowest BCUT2D eigenvalue weighted by molar-refractivity contribution is 0.0949. The van der Waals surface area contributed by atoms with Crippen molar-refractivity contribution in [1.82, 2.24) is 19.9 Å². The van der Waals surface area contributed by atoms with E-state index in [0.717, 1.165) is 43.3 Å². The summed E-state index contributed by atoms with van der Waals surface area (Å²) in [5, 5.41) is 0. The molecule has 5 rings (SSSR count). The molecule has 2 aliphatic rings. The fraction of sp³-hybridized carbons (Fsp3) is 0.500. The number of carbonyl (C=O) groups excluding carboxylic acids is 3. The molecule has 2 aliphatic heterocycles. The Balaban J connectivity index is 1.79. The van der Waals surface area contributed by atoms with Crippen molar-refractivity contribution >= 4 is 39.4 Å². The third-order valence-electron chi connectivity index (χ3n) is 9.81. The van der Waals surface area contributed by atoms with Crippen molar-refractivity contribution in [2.24, 2.45) is 34.4 Å². The molecule has 0 spiro atoms. The molecule has 3 atom stereocenters. The number of aromatic amines is 2. The molecular weight excluding hydrogens is 644 g/mol. The molecule has 0 saturated carbocycles. The Kier molecular flexibility index (Phi) is 13.4. The molecule has 0 fully saturated rings. The maximum absolute atomic E-state index is 14.2. The van der Waals surface area contributed by atoms with E-state index in [1.807, 2.05) is 18.2 Å². The van der Waals surface area contributed by atoms with Crippen LogP contribution in [0.4, 0.5) is 0 Å². The summed E-state index contributed by atoms with van der Waals surface area (Å²) in [6.45, 7) is 1.56. The lowest BCUT2D eigenvalue weighted by Gasteiger charge is -2.12. The van der Waals surface area contributed by atoms with Gasteiger partial charge < -0.3 is 44.4 Å². The van der Waals surface area contributed by atoms with Gasteiger partial charge in [0, 0.05) is 11.2 Å². The number of hydrogen-bond acceptors (Lipinski definition) is 11. The normalized spacial score (nSPS) is 14.7. The van der Waals surface area contributed by atoms with Crippen LogP contribution in [0.1, 0.15) is 112 Å². The van der Waals surface area contributed by atoms with Crippen molar-refractivity contribution in [3.8, 4) is 0 Å². The molecule has 0 unspecified atom stereocenters. The molecule has 51 heavy (non-hydrogen) atoms. The Morgan fingerprint density at radius 3 is 1.39 bits per heavy atom. The zero-order valence-corrected chi connectivity index (χ0v) is 29.5. The van der Waals surface area contributed by atoms with Crippen molar-refractivity contribution in [2.75, 3.05) is 19.6 Å². The minimum absolute atomic E-state index is 0.218. The number of rotatable bonds is 18. The number of hydrogen-bond donors (Lipinski definition) is 8. The van der Waals surface area contributed by atoms with Gasteiger partial charge in [-0.25, -0.2) is 0 Å². The largest absolute Gasteiger partial charge is 0.355 e. The van der Waals surface area contributed by atoms with Gasteiger partial charge in [0.25, 0.3) is 0 Å². The Morgan fingerprint density at radius 1 is 0.549 bits per heavy atom. The molecular formula is C38H54N10O3. The van der Waals surface area contributed by atoms with Gasteiger partial charge in [0.05, 0.1) is 68.4 Å². The van der Waals surface area contributed by atoms with Crippen LogP contribution in [0.5, 0.6) is 0 Å². The average Bonchev–Trinajstić information content (AvgIpc) is 3.95. The number of unbranched alkanes of at least 4 members (excludes halogenated alkanes) is 3. The van der Waals surface area contributed by atoms with E-state index >= 15 is 0 Å². The second-order valence-corrected chi connectivity index (χ2v) is 13.7. The first-order valence-electron chi connectivity index (χ1n) is 18.4. The van der Waals surface area contributed by atoms with Crippen LogP contribution < -0.4 is 34.4 Å². The molecule has 0 saturated heterocycles. The predicted octanol–water partition coefficient (Wildman–Crippen LogP) is 2.80. The Labute approximate surface area is 298 Å². The molecule has 8 bridgehead atoms. The highest BCUT2D eigenvalue weighted by Crippen LogP contribution is 2.28. The summed E-state index contributed by atoms with van der Waals surface area (Å²) < 4.78 is 0. The quantitative estimate of drug-likeness (QED) is 0.0707.